The van der Waals surface area contributed by atoms with Gasteiger partial charge in [0.15, 0.2) is 0 Å². The SMILES string of the molecule is CC(C)(C)OC(=O)NCC(O)C(O)c1cc(C(=O)O)ccc1C(=O)O. The molecule has 1 amide bonds. The molecule has 25 heavy (non-hydrogen) atoms. The topological polar surface area (TPSA) is 153 Å². The van der Waals surface area contributed by atoms with Gasteiger partial charge >= 0.3 is 18.0 Å². The molecule has 0 aliphatic carbocycles. The summed E-state index contributed by atoms with van der Waals surface area (Å²) < 4.78 is 4.97. The number of rotatable bonds is 6. The quantitative estimate of drug-likeness (QED) is 0.506. The normalized spacial score (nSPS) is 13.6. The number of aromatic carboxylic acids is 2. The summed E-state index contributed by atoms with van der Waals surface area (Å²) in [6.07, 6.45) is -4.12. The minimum Gasteiger partial charge on any atom is -0.478 e. The van der Waals surface area contributed by atoms with Gasteiger partial charge in [0.05, 0.1) is 11.1 Å². The van der Waals surface area contributed by atoms with Crippen molar-refractivity contribution in [2.45, 2.75) is 38.6 Å². The molecular formula is C16H21NO8. The third-order valence-electron chi connectivity index (χ3n) is 3.07. The number of alkyl carbamates (subject to hydrolysis) is 1. The van der Waals surface area contributed by atoms with Crippen molar-refractivity contribution in [1.29, 1.82) is 0 Å². The average Bonchev–Trinajstić information content (AvgIpc) is 2.49. The second-order valence-electron chi connectivity index (χ2n) is 6.31. The highest BCUT2D eigenvalue weighted by Gasteiger charge is 2.26. The lowest BCUT2D eigenvalue weighted by atomic mass is 9.96. The van der Waals surface area contributed by atoms with Crippen molar-refractivity contribution in [2.24, 2.45) is 0 Å². The van der Waals surface area contributed by atoms with Crippen LogP contribution in [0, 0.1) is 0 Å². The molecule has 9 nitrogen and oxygen atoms in total. The Morgan fingerprint density at radius 3 is 2.20 bits per heavy atom. The summed E-state index contributed by atoms with van der Waals surface area (Å²) in [6.45, 7) is 4.52. The van der Waals surface area contributed by atoms with Crippen LogP contribution in [0.25, 0.3) is 0 Å². The molecule has 1 rings (SSSR count). The maximum absolute atomic E-state index is 11.5. The summed E-state index contributed by atoms with van der Waals surface area (Å²) in [7, 11) is 0. The molecule has 0 aliphatic rings. The van der Waals surface area contributed by atoms with Crippen molar-refractivity contribution in [3.8, 4) is 0 Å². The fraction of sp³-hybridized carbons (Fsp3) is 0.438. The lowest BCUT2D eigenvalue weighted by molar-refractivity contribution is 0.0120. The molecule has 0 radical (unpaired) electrons. The van der Waals surface area contributed by atoms with Crippen molar-refractivity contribution < 1.29 is 39.5 Å². The zero-order chi connectivity index (χ0) is 19.4. The Bertz CT molecular complexity index is 665. The number of carbonyl (C=O) groups excluding carboxylic acids is 1. The first-order valence-corrected chi connectivity index (χ1v) is 7.36. The van der Waals surface area contributed by atoms with Crippen LogP contribution in [0.2, 0.25) is 0 Å². The summed E-state index contributed by atoms with van der Waals surface area (Å²) in [5.41, 5.74) is -1.62. The van der Waals surface area contributed by atoms with Gasteiger partial charge in [-0.25, -0.2) is 14.4 Å². The fourth-order valence-corrected chi connectivity index (χ4v) is 1.96. The summed E-state index contributed by atoms with van der Waals surface area (Å²) in [4.78, 5) is 33.8. The molecule has 5 N–H and O–H groups in total. The van der Waals surface area contributed by atoms with E-state index in [1.54, 1.807) is 20.8 Å². The molecule has 0 heterocycles. The minimum atomic E-state index is -1.72. The molecule has 0 saturated carbocycles. The van der Waals surface area contributed by atoms with E-state index in [0.29, 0.717) is 0 Å². The Labute approximate surface area is 143 Å². The number of hydrogen-bond donors (Lipinski definition) is 5. The molecular weight excluding hydrogens is 334 g/mol. The Morgan fingerprint density at radius 2 is 1.72 bits per heavy atom. The second kappa shape index (κ2) is 7.95. The Kier molecular flexibility index (Phi) is 6.49. The van der Waals surface area contributed by atoms with Crippen molar-refractivity contribution >= 4 is 18.0 Å². The molecule has 2 unspecified atom stereocenters. The standard InChI is InChI=1S/C16H21NO8/c1-16(2,3)25-15(24)17-7-11(18)12(19)10-6-8(13(20)21)4-5-9(10)14(22)23/h4-6,11-12,18-19H,7H2,1-3H3,(H,17,24)(H,20,21)(H,22,23). The maximum Gasteiger partial charge on any atom is 0.407 e. The number of aliphatic hydroxyl groups is 2. The number of hydrogen-bond acceptors (Lipinski definition) is 6. The van der Waals surface area contributed by atoms with Gasteiger partial charge in [0, 0.05) is 6.54 Å². The van der Waals surface area contributed by atoms with Crippen LogP contribution in [0.15, 0.2) is 18.2 Å². The number of ether oxygens (including phenoxy) is 1. The Balaban J connectivity index is 2.92. The lowest BCUT2D eigenvalue weighted by Gasteiger charge is -2.23. The minimum absolute atomic E-state index is 0.244. The highest BCUT2D eigenvalue weighted by molar-refractivity contribution is 5.93. The molecule has 1 aromatic carbocycles. The van der Waals surface area contributed by atoms with Gasteiger partial charge in [-0.1, -0.05) is 0 Å². The third kappa shape index (κ3) is 6.05. The number of carboxylic acids is 2. The molecule has 0 aromatic heterocycles. The molecule has 9 heteroatoms. The molecule has 0 aliphatic heterocycles. The van der Waals surface area contributed by atoms with Gasteiger partial charge in [-0.3, -0.25) is 0 Å². The molecule has 0 bridgehead atoms. The van der Waals surface area contributed by atoms with Gasteiger partial charge in [0.1, 0.15) is 17.8 Å². The average molecular weight is 355 g/mol. The highest BCUT2D eigenvalue weighted by atomic mass is 16.6. The third-order valence-corrected chi connectivity index (χ3v) is 3.07. The predicted octanol–water partition coefficient (Wildman–Crippen LogP) is 1.00. The van der Waals surface area contributed by atoms with Crippen LogP contribution in [-0.2, 0) is 4.74 Å². The van der Waals surface area contributed by atoms with Crippen molar-refractivity contribution in [3.63, 3.8) is 0 Å². The molecule has 1 aromatic rings. The van der Waals surface area contributed by atoms with Crippen LogP contribution in [0.4, 0.5) is 4.79 Å². The molecule has 0 saturated heterocycles. The number of carboxylic acid groups (broad SMARTS) is 2. The van der Waals surface area contributed by atoms with Gasteiger partial charge in [-0.15, -0.1) is 0 Å². The van der Waals surface area contributed by atoms with Gasteiger partial charge < -0.3 is 30.5 Å². The summed E-state index contributed by atoms with van der Waals surface area (Å²) in [6, 6.07) is 3.07. The van der Waals surface area contributed by atoms with Crippen LogP contribution < -0.4 is 5.32 Å². The van der Waals surface area contributed by atoms with Crippen molar-refractivity contribution in [1.82, 2.24) is 5.32 Å². The van der Waals surface area contributed by atoms with E-state index in [1.165, 1.54) is 0 Å². The largest absolute Gasteiger partial charge is 0.478 e. The first-order chi connectivity index (χ1) is 11.4. The van der Waals surface area contributed by atoms with E-state index in [2.05, 4.69) is 5.32 Å². The van der Waals surface area contributed by atoms with Crippen LogP contribution in [0.5, 0.6) is 0 Å². The first kappa shape index (κ1) is 20.4. The van der Waals surface area contributed by atoms with E-state index in [0.717, 1.165) is 18.2 Å². The molecule has 2 atom stereocenters. The van der Waals surface area contributed by atoms with Crippen LogP contribution >= 0.6 is 0 Å². The van der Waals surface area contributed by atoms with E-state index in [1.807, 2.05) is 0 Å². The Morgan fingerprint density at radius 1 is 1.12 bits per heavy atom. The Hall–Kier alpha value is -2.65. The monoisotopic (exact) mass is 355 g/mol. The van der Waals surface area contributed by atoms with Gasteiger partial charge in [-0.2, -0.15) is 0 Å². The number of nitrogens with one attached hydrogen (secondary N) is 1. The van der Waals surface area contributed by atoms with Crippen molar-refractivity contribution in [2.75, 3.05) is 6.54 Å². The predicted molar refractivity (Wildman–Crippen MR) is 85.6 cm³/mol. The van der Waals surface area contributed by atoms with Gasteiger partial charge in [0.25, 0.3) is 0 Å². The number of aliphatic hydroxyl groups excluding tert-OH is 2. The van der Waals surface area contributed by atoms with Crippen molar-refractivity contribution in [3.05, 3.63) is 34.9 Å². The fourth-order valence-electron chi connectivity index (χ4n) is 1.96. The smallest absolute Gasteiger partial charge is 0.407 e. The van der Waals surface area contributed by atoms with Crippen LogP contribution in [0.1, 0.15) is 53.2 Å². The van der Waals surface area contributed by atoms with E-state index in [9.17, 15) is 24.6 Å². The van der Waals surface area contributed by atoms with Gasteiger partial charge in [0.2, 0.25) is 0 Å². The molecule has 138 valence electrons. The van der Waals surface area contributed by atoms with Gasteiger partial charge in [-0.05, 0) is 44.5 Å². The zero-order valence-corrected chi connectivity index (χ0v) is 14.0. The van der Waals surface area contributed by atoms with E-state index in [-0.39, 0.29) is 16.7 Å². The molecule has 0 fully saturated rings. The van der Waals surface area contributed by atoms with E-state index in [4.69, 9.17) is 14.9 Å². The molecule has 0 spiro atoms. The first-order valence-electron chi connectivity index (χ1n) is 7.36. The number of amides is 1. The van der Waals surface area contributed by atoms with Crippen LogP contribution in [0.3, 0.4) is 0 Å². The zero-order valence-electron chi connectivity index (χ0n) is 14.0. The summed E-state index contributed by atoms with van der Waals surface area (Å²) in [5.74, 6) is -2.70. The lowest BCUT2D eigenvalue weighted by Crippen LogP contribution is -2.39. The number of benzene rings is 1. The van der Waals surface area contributed by atoms with E-state index >= 15 is 0 Å². The van der Waals surface area contributed by atoms with E-state index < -0.39 is 42.4 Å². The number of carbonyl (C=O) groups is 3. The summed E-state index contributed by atoms with van der Waals surface area (Å²) in [5, 5.41) is 40.5. The summed E-state index contributed by atoms with van der Waals surface area (Å²) >= 11 is 0. The van der Waals surface area contributed by atoms with Crippen LogP contribution in [-0.4, -0.2) is 56.7 Å². The highest BCUT2D eigenvalue weighted by Crippen LogP contribution is 2.23. The second-order valence-corrected chi connectivity index (χ2v) is 6.31. The maximum atomic E-state index is 11.5.